The zero-order chi connectivity index (χ0) is 25.8. The predicted octanol–water partition coefficient (Wildman–Crippen LogP) is 3.95. The third-order valence-corrected chi connectivity index (χ3v) is 6.46. The fourth-order valence-electron chi connectivity index (χ4n) is 4.62. The largest absolute Gasteiger partial charge is 0.467 e. The van der Waals surface area contributed by atoms with Crippen molar-refractivity contribution in [2.24, 2.45) is 0 Å². The summed E-state index contributed by atoms with van der Waals surface area (Å²) in [5.74, 6) is 2.31. The number of carbonyl (C=O) groups is 2. The summed E-state index contributed by atoms with van der Waals surface area (Å²) in [5, 5.41) is 15.5. The number of nitrogens with zero attached hydrogens (tertiary/aromatic N) is 5. The Hall–Kier alpha value is -4.15. The van der Waals surface area contributed by atoms with Crippen LogP contribution in [0.2, 0.25) is 0 Å². The Morgan fingerprint density at radius 3 is 2.54 bits per heavy atom. The summed E-state index contributed by atoms with van der Waals surface area (Å²) in [7, 11) is 0. The molecule has 1 aliphatic rings. The van der Waals surface area contributed by atoms with Crippen LogP contribution in [-0.4, -0.2) is 43.0 Å². The first-order valence-electron chi connectivity index (χ1n) is 12.5. The molecule has 0 spiro atoms. The molecular formula is C26H30N6O5. The van der Waals surface area contributed by atoms with Gasteiger partial charge in [-0.2, -0.15) is 4.80 Å². The standard InChI is InChI=1S/C26H30N6O5/c1-17-10-12-21(36-17)24(26(34)27-19-7-4-3-5-8-19)31(15-20-9-6-14-35-20)23(33)16-32-29-25(28-30-32)22-13-11-18(2)37-22/h6,9-14,19,24H,3-5,7-8,15-16H2,1-2H3,(H,27,34)/t24-/m1/s1. The molecule has 4 aromatic rings. The van der Waals surface area contributed by atoms with Crippen molar-refractivity contribution in [1.82, 2.24) is 30.4 Å². The Labute approximate surface area is 213 Å². The van der Waals surface area contributed by atoms with Gasteiger partial charge in [0.15, 0.2) is 11.8 Å². The molecule has 1 atom stereocenters. The Morgan fingerprint density at radius 2 is 1.86 bits per heavy atom. The first kappa shape index (κ1) is 24.5. The quantitative estimate of drug-likeness (QED) is 0.361. The summed E-state index contributed by atoms with van der Waals surface area (Å²) in [6, 6.07) is 9.62. The molecule has 2 amide bonds. The van der Waals surface area contributed by atoms with E-state index in [1.807, 2.05) is 6.92 Å². The van der Waals surface area contributed by atoms with Gasteiger partial charge in [0.05, 0.1) is 12.8 Å². The topological polar surface area (TPSA) is 132 Å². The number of tetrazole rings is 1. The molecule has 0 aromatic carbocycles. The smallest absolute Gasteiger partial charge is 0.250 e. The maximum Gasteiger partial charge on any atom is 0.250 e. The molecule has 0 unspecified atom stereocenters. The van der Waals surface area contributed by atoms with Gasteiger partial charge in [-0.3, -0.25) is 9.59 Å². The minimum Gasteiger partial charge on any atom is -0.467 e. The molecule has 1 aliphatic carbocycles. The summed E-state index contributed by atoms with van der Waals surface area (Å²) in [5.41, 5.74) is 0. The van der Waals surface area contributed by atoms with Crippen LogP contribution in [0.3, 0.4) is 0 Å². The second-order valence-corrected chi connectivity index (χ2v) is 9.35. The van der Waals surface area contributed by atoms with Crippen molar-refractivity contribution in [3.63, 3.8) is 0 Å². The summed E-state index contributed by atoms with van der Waals surface area (Å²) in [6.07, 6.45) is 6.67. The number of amides is 2. The van der Waals surface area contributed by atoms with Gasteiger partial charge >= 0.3 is 0 Å². The number of aryl methyl sites for hydroxylation is 2. The summed E-state index contributed by atoms with van der Waals surface area (Å²) in [6.45, 7) is 3.45. The highest BCUT2D eigenvalue weighted by molar-refractivity contribution is 5.88. The molecule has 11 nitrogen and oxygen atoms in total. The zero-order valence-electron chi connectivity index (χ0n) is 20.9. The molecule has 4 heterocycles. The molecule has 0 bridgehead atoms. The van der Waals surface area contributed by atoms with Crippen molar-refractivity contribution in [3.8, 4) is 11.6 Å². The summed E-state index contributed by atoms with van der Waals surface area (Å²) >= 11 is 0. The molecule has 1 saturated carbocycles. The van der Waals surface area contributed by atoms with E-state index < -0.39 is 11.9 Å². The number of carbonyl (C=O) groups excluding carboxylic acids is 2. The lowest BCUT2D eigenvalue weighted by molar-refractivity contribution is -0.143. The minimum absolute atomic E-state index is 0.0628. The van der Waals surface area contributed by atoms with E-state index in [0.29, 0.717) is 28.8 Å². The van der Waals surface area contributed by atoms with Gasteiger partial charge in [-0.05, 0) is 68.3 Å². The molecule has 1 N–H and O–H groups in total. The van der Waals surface area contributed by atoms with Crippen LogP contribution >= 0.6 is 0 Å². The van der Waals surface area contributed by atoms with Crippen LogP contribution in [0.1, 0.15) is 61.2 Å². The van der Waals surface area contributed by atoms with E-state index in [4.69, 9.17) is 13.3 Å². The second-order valence-electron chi connectivity index (χ2n) is 9.35. The molecule has 194 valence electrons. The van der Waals surface area contributed by atoms with E-state index in [2.05, 4.69) is 20.7 Å². The van der Waals surface area contributed by atoms with Crippen LogP contribution < -0.4 is 5.32 Å². The molecule has 0 radical (unpaired) electrons. The van der Waals surface area contributed by atoms with Crippen LogP contribution in [0, 0.1) is 13.8 Å². The number of aromatic nitrogens is 4. The van der Waals surface area contributed by atoms with Crippen molar-refractivity contribution in [1.29, 1.82) is 0 Å². The van der Waals surface area contributed by atoms with E-state index >= 15 is 0 Å². The fraction of sp³-hybridized carbons (Fsp3) is 0.423. The second kappa shape index (κ2) is 10.9. The molecule has 1 fully saturated rings. The normalized spacial score (nSPS) is 15.0. The third kappa shape index (κ3) is 5.82. The Morgan fingerprint density at radius 1 is 1.08 bits per heavy atom. The van der Waals surface area contributed by atoms with Gasteiger partial charge in [0, 0.05) is 6.04 Å². The maximum absolute atomic E-state index is 13.7. The maximum atomic E-state index is 13.7. The first-order valence-corrected chi connectivity index (χ1v) is 12.5. The molecule has 5 rings (SSSR count). The average Bonchev–Trinajstić information content (AvgIpc) is 3.69. The SMILES string of the molecule is Cc1ccc(-c2nnn(CC(=O)N(Cc3ccco3)[C@@H](C(=O)NC3CCCCC3)c3ccc(C)o3)n2)o1. The first-order chi connectivity index (χ1) is 18.0. The van der Waals surface area contributed by atoms with Gasteiger partial charge < -0.3 is 23.5 Å². The van der Waals surface area contributed by atoms with E-state index in [0.717, 1.165) is 25.7 Å². The zero-order valence-corrected chi connectivity index (χ0v) is 20.9. The molecular weight excluding hydrogens is 476 g/mol. The van der Waals surface area contributed by atoms with Gasteiger partial charge in [-0.15, -0.1) is 10.2 Å². The lowest BCUT2D eigenvalue weighted by Gasteiger charge is -2.31. The molecule has 37 heavy (non-hydrogen) atoms. The Balaban J connectivity index is 1.42. The number of rotatable bonds is 9. The Bertz CT molecular complexity index is 1330. The monoisotopic (exact) mass is 506 g/mol. The molecule has 0 aliphatic heterocycles. The van der Waals surface area contributed by atoms with Crippen molar-refractivity contribution in [2.75, 3.05) is 0 Å². The highest BCUT2D eigenvalue weighted by Crippen LogP contribution is 2.28. The van der Waals surface area contributed by atoms with Crippen LogP contribution in [0.25, 0.3) is 11.6 Å². The average molecular weight is 507 g/mol. The van der Waals surface area contributed by atoms with Crippen LogP contribution in [-0.2, 0) is 22.7 Å². The highest BCUT2D eigenvalue weighted by Gasteiger charge is 2.36. The molecule has 11 heteroatoms. The van der Waals surface area contributed by atoms with Crippen molar-refractivity contribution in [3.05, 3.63) is 65.7 Å². The van der Waals surface area contributed by atoms with E-state index in [-0.39, 0.29) is 30.9 Å². The minimum atomic E-state index is -0.996. The number of nitrogens with one attached hydrogen (secondary N) is 1. The third-order valence-electron chi connectivity index (χ3n) is 6.46. The van der Waals surface area contributed by atoms with E-state index in [1.165, 1.54) is 22.4 Å². The van der Waals surface area contributed by atoms with Crippen LogP contribution in [0.5, 0.6) is 0 Å². The number of hydrogen-bond acceptors (Lipinski definition) is 8. The van der Waals surface area contributed by atoms with E-state index in [1.54, 1.807) is 43.3 Å². The van der Waals surface area contributed by atoms with Crippen LogP contribution in [0.4, 0.5) is 0 Å². The van der Waals surface area contributed by atoms with Crippen molar-refractivity contribution >= 4 is 11.8 Å². The molecule has 4 aromatic heterocycles. The number of furan rings is 3. The van der Waals surface area contributed by atoms with Gasteiger partial charge in [0.2, 0.25) is 11.7 Å². The van der Waals surface area contributed by atoms with Crippen LogP contribution in [0.15, 0.2) is 55.9 Å². The summed E-state index contributed by atoms with van der Waals surface area (Å²) < 4.78 is 17.0. The van der Waals surface area contributed by atoms with Crippen molar-refractivity contribution in [2.45, 2.75) is 71.1 Å². The summed E-state index contributed by atoms with van der Waals surface area (Å²) in [4.78, 5) is 30.0. The predicted molar refractivity (Wildman–Crippen MR) is 131 cm³/mol. The van der Waals surface area contributed by atoms with Gasteiger partial charge in [-0.1, -0.05) is 19.3 Å². The lowest BCUT2D eigenvalue weighted by Crippen LogP contribution is -2.47. The Kier molecular flexibility index (Phi) is 7.20. The van der Waals surface area contributed by atoms with Gasteiger partial charge in [-0.25, -0.2) is 0 Å². The number of hydrogen-bond donors (Lipinski definition) is 1. The lowest BCUT2D eigenvalue weighted by atomic mass is 9.95. The molecule has 0 saturated heterocycles. The highest BCUT2D eigenvalue weighted by atomic mass is 16.3. The van der Waals surface area contributed by atoms with Gasteiger partial charge in [0.25, 0.3) is 5.91 Å². The van der Waals surface area contributed by atoms with Crippen molar-refractivity contribution < 1.29 is 22.8 Å². The fourth-order valence-corrected chi connectivity index (χ4v) is 4.62. The van der Waals surface area contributed by atoms with Gasteiger partial charge in [0.1, 0.15) is 29.6 Å². The van der Waals surface area contributed by atoms with E-state index in [9.17, 15) is 9.59 Å².